The summed E-state index contributed by atoms with van der Waals surface area (Å²) in [6.07, 6.45) is 1.66. The lowest BCUT2D eigenvalue weighted by molar-refractivity contribution is 0.415. The van der Waals surface area contributed by atoms with Crippen molar-refractivity contribution in [3.05, 3.63) is 88.4 Å². The Morgan fingerprint density at radius 2 is 1.55 bits per heavy atom. The van der Waals surface area contributed by atoms with Gasteiger partial charge in [-0.25, -0.2) is 9.98 Å². The number of ether oxygens (including phenoxy) is 1. The third-order valence-electron chi connectivity index (χ3n) is 4.32. The smallest absolute Gasteiger partial charge is 0.210 e. The van der Waals surface area contributed by atoms with E-state index >= 15 is 0 Å². The summed E-state index contributed by atoms with van der Waals surface area (Å²) in [7, 11) is 1.65. The van der Waals surface area contributed by atoms with Gasteiger partial charge in [0.2, 0.25) is 5.13 Å². The molecule has 4 rings (SSSR count). The van der Waals surface area contributed by atoms with E-state index in [0.717, 1.165) is 27.4 Å². The average molecular weight is 439 g/mol. The summed E-state index contributed by atoms with van der Waals surface area (Å²) in [5.41, 5.74) is 3.64. The maximum Gasteiger partial charge on any atom is 0.210 e. The number of aliphatic imine (C=N–C) groups is 1. The van der Waals surface area contributed by atoms with E-state index in [0.29, 0.717) is 20.7 Å². The Balaban J connectivity index is 1.78. The molecule has 0 aliphatic carbocycles. The van der Waals surface area contributed by atoms with Crippen LogP contribution in [-0.4, -0.2) is 18.3 Å². The number of nitrogens with zero attached hydrogens (tertiary/aromatic N) is 2. The van der Waals surface area contributed by atoms with Gasteiger partial charge in [0.25, 0.3) is 0 Å². The number of aromatic nitrogens is 1. The van der Waals surface area contributed by atoms with Crippen molar-refractivity contribution in [2.75, 3.05) is 7.11 Å². The van der Waals surface area contributed by atoms with Crippen LogP contribution in [0.3, 0.4) is 0 Å². The minimum atomic E-state index is 0.552. The molecule has 0 aliphatic heterocycles. The van der Waals surface area contributed by atoms with Crippen LogP contribution in [0.2, 0.25) is 10.0 Å². The first kappa shape index (κ1) is 19.6. The second-order valence-corrected chi connectivity index (χ2v) is 7.95. The number of benzene rings is 3. The molecule has 6 heteroatoms. The van der Waals surface area contributed by atoms with E-state index in [9.17, 15) is 0 Å². The molecule has 0 N–H and O–H groups in total. The molecule has 0 spiro atoms. The molecule has 0 saturated heterocycles. The Morgan fingerprint density at radius 3 is 2.21 bits per heavy atom. The van der Waals surface area contributed by atoms with Gasteiger partial charge in [-0.1, -0.05) is 70.9 Å². The van der Waals surface area contributed by atoms with Crippen molar-refractivity contribution < 1.29 is 4.74 Å². The van der Waals surface area contributed by atoms with Crippen LogP contribution in [-0.2, 0) is 0 Å². The molecule has 0 aliphatic rings. The second kappa shape index (κ2) is 8.78. The molecule has 0 radical (unpaired) electrons. The number of thiazole rings is 1. The highest BCUT2D eigenvalue weighted by Gasteiger charge is 2.15. The topological polar surface area (TPSA) is 34.5 Å². The van der Waals surface area contributed by atoms with Gasteiger partial charge in [-0.3, -0.25) is 0 Å². The first-order chi connectivity index (χ1) is 14.2. The minimum absolute atomic E-state index is 0.552. The van der Waals surface area contributed by atoms with Crippen molar-refractivity contribution in [3.63, 3.8) is 0 Å². The molecule has 3 nitrogen and oxygen atoms in total. The first-order valence-electron chi connectivity index (χ1n) is 8.84. The second-order valence-electron chi connectivity index (χ2n) is 6.16. The summed E-state index contributed by atoms with van der Waals surface area (Å²) in [6, 6.07) is 23.4. The molecule has 29 heavy (non-hydrogen) atoms. The van der Waals surface area contributed by atoms with E-state index in [1.165, 1.54) is 11.3 Å². The van der Waals surface area contributed by atoms with Crippen LogP contribution >= 0.6 is 34.5 Å². The Kier molecular flexibility index (Phi) is 5.95. The maximum atomic E-state index is 6.25. The zero-order valence-electron chi connectivity index (χ0n) is 15.5. The molecule has 0 bridgehead atoms. The van der Waals surface area contributed by atoms with Crippen LogP contribution in [0.1, 0.15) is 5.56 Å². The van der Waals surface area contributed by atoms with Crippen LogP contribution < -0.4 is 4.74 Å². The average Bonchev–Trinajstić information content (AvgIpc) is 3.18. The van der Waals surface area contributed by atoms with Crippen LogP contribution in [0.25, 0.3) is 21.7 Å². The standard InChI is InChI=1S/C23H16Cl2N2OS/c1-28-17-12-10-15(11-13-17)21-22(16-6-3-2-4-7-16)29-23(27-21)26-14-18-19(24)8-5-9-20(18)25/h2-14H,1H3. The van der Waals surface area contributed by atoms with Crippen LogP contribution in [0.15, 0.2) is 77.8 Å². The lowest BCUT2D eigenvalue weighted by Crippen LogP contribution is -1.85. The van der Waals surface area contributed by atoms with Gasteiger partial charge in [0.1, 0.15) is 5.75 Å². The molecule has 0 saturated carbocycles. The number of rotatable bonds is 5. The van der Waals surface area contributed by atoms with Crippen molar-refractivity contribution in [1.82, 2.24) is 4.98 Å². The van der Waals surface area contributed by atoms with Crippen molar-refractivity contribution >= 4 is 45.9 Å². The molecule has 0 fully saturated rings. The normalized spacial score (nSPS) is 11.1. The zero-order chi connectivity index (χ0) is 20.2. The van der Waals surface area contributed by atoms with Gasteiger partial charge in [-0.15, -0.1) is 0 Å². The monoisotopic (exact) mass is 438 g/mol. The predicted molar refractivity (Wildman–Crippen MR) is 123 cm³/mol. The van der Waals surface area contributed by atoms with E-state index in [1.54, 1.807) is 31.5 Å². The van der Waals surface area contributed by atoms with Crippen molar-refractivity contribution in [2.45, 2.75) is 0 Å². The Morgan fingerprint density at radius 1 is 0.862 bits per heavy atom. The third kappa shape index (κ3) is 4.35. The fourth-order valence-corrected chi connectivity index (χ4v) is 4.28. The van der Waals surface area contributed by atoms with Crippen molar-refractivity contribution in [2.24, 2.45) is 4.99 Å². The lowest BCUT2D eigenvalue weighted by atomic mass is 10.1. The molecule has 4 aromatic rings. The van der Waals surface area contributed by atoms with E-state index in [1.807, 2.05) is 42.5 Å². The maximum absolute atomic E-state index is 6.25. The molecule has 0 amide bonds. The predicted octanol–water partition coefficient (Wildman–Crippen LogP) is 7.54. The zero-order valence-corrected chi connectivity index (χ0v) is 17.8. The SMILES string of the molecule is COc1ccc(-c2nc(N=Cc3c(Cl)cccc3Cl)sc2-c2ccccc2)cc1. The molecule has 144 valence electrons. The Labute approximate surface area is 183 Å². The Hall–Kier alpha value is -2.66. The van der Waals surface area contributed by atoms with Gasteiger partial charge in [0, 0.05) is 17.3 Å². The highest BCUT2D eigenvalue weighted by molar-refractivity contribution is 7.19. The van der Waals surface area contributed by atoms with E-state index in [4.69, 9.17) is 32.9 Å². The molecule has 1 heterocycles. The van der Waals surface area contributed by atoms with Crippen LogP contribution in [0.5, 0.6) is 5.75 Å². The fraction of sp³-hybridized carbons (Fsp3) is 0.0435. The van der Waals surface area contributed by atoms with E-state index < -0.39 is 0 Å². The summed E-state index contributed by atoms with van der Waals surface area (Å²) in [4.78, 5) is 10.4. The van der Waals surface area contributed by atoms with Gasteiger partial charge in [0.05, 0.1) is 27.7 Å². The van der Waals surface area contributed by atoms with Gasteiger partial charge < -0.3 is 4.74 Å². The molecule has 1 aromatic heterocycles. The van der Waals surface area contributed by atoms with Gasteiger partial charge in [0.15, 0.2) is 0 Å². The van der Waals surface area contributed by atoms with Gasteiger partial charge in [-0.2, -0.15) is 0 Å². The first-order valence-corrected chi connectivity index (χ1v) is 10.4. The van der Waals surface area contributed by atoms with Crippen molar-refractivity contribution in [1.29, 1.82) is 0 Å². The van der Waals surface area contributed by atoms with E-state index in [-0.39, 0.29) is 0 Å². The van der Waals surface area contributed by atoms with Crippen molar-refractivity contribution in [3.8, 4) is 27.4 Å². The quantitative estimate of drug-likeness (QED) is 0.301. The van der Waals surface area contributed by atoms with Crippen LogP contribution in [0, 0.1) is 0 Å². The summed E-state index contributed by atoms with van der Waals surface area (Å²) >= 11 is 14.0. The molecule has 3 aromatic carbocycles. The number of halogens is 2. The highest BCUT2D eigenvalue weighted by atomic mass is 35.5. The number of methoxy groups -OCH3 is 1. The lowest BCUT2D eigenvalue weighted by Gasteiger charge is -2.04. The summed E-state index contributed by atoms with van der Waals surface area (Å²) in [5.74, 6) is 0.803. The Bertz CT molecular complexity index is 1140. The fourth-order valence-electron chi connectivity index (χ4n) is 2.85. The molecular weight excluding hydrogens is 423 g/mol. The summed E-state index contributed by atoms with van der Waals surface area (Å²) in [6.45, 7) is 0. The van der Waals surface area contributed by atoms with Gasteiger partial charge in [-0.05, 0) is 42.0 Å². The minimum Gasteiger partial charge on any atom is -0.497 e. The third-order valence-corrected chi connectivity index (χ3v) is 5.99. The largest absolute Gasteiger partial charge is 0.497 e. The molecule has 0 unspecified atom stereocenters. The number of hydrogen-bond acceptors (Lipinski definition) is 4. The summed E-state index contributed by atoms with van der Waals surface area (Å²) in [5, 5.41) is 1.73. The molecule has 0 atom stereocenters. The highest BCUT2D eigenvalue weighted by Crippen LogP contribution is 2.40. The van der Waals surface area contributed by atoms with E-state index in [2.05, 4.69) is 17.1 Å². The van der Waals surface area contributed by atoms with Gasteiger partial charge >= 0.3 is 0 Å². The number of hydrogen-bond donors (Lipinski definition) is 0. The summed E-state index contributed by atoms with van der Waals surface area (Å²) < 4.78 is 5.27. The van der Waals surface area contributed by atoms with Crippen LogP contribution in [0.4, 0.5) is 5.13 Å². The molecular formula is C23H16Cl2N2OS.